The molecule has 9 heteroatoms. The Labute approximate surface area is 175 Å². The summed E-state index contributed by atoms with van der Waals surface area (Å²) in [4.78, 5) is 12.8. The number of ether oxygens (including phenoxy) is 1. The van der Waals surface area contributed by atoms with E-state index in [1.54, 1.807) is 29.5 Å². The second kappa shape index (κ2) is 9.47. The van der Waals surface area contributed by atoms with E-state index in [0.717, 1.165) is 12.1 Å². The standard InChI is InChI=1S/C15H13F4INO2.Y/c1-2-23-8-5-9(16)14(10(17)6-8)12-4-3-11(20)15(22)21(12)7-13(18)19;/h5-6,11,13H,2-3,7H2,1H3;/q-1;. The number of amides is 1. The monoisotopic (exact) mass is 531 g/mol. The van der Waals surface area contributed by atoms with Gasteiger partial charge in [0.05, 0.1) is 28.7 Å². The van der Waals surface area contributed by atoms with Crippen LogP contribution in [0.4, 0.5) is 17.6 Å². The summed E-state index contributed by atoms with van der Waals surface area (Å²) in [7, 11) is 0. The van der Waals surface area contributed by atoms with E-state index < -0.39 is 40.0 Å². The van der Waals surface area contributed by atoms with E-state index in [9.17, 15) is 22.4 Å². The van der Waals surface area contributed by atoms with E-state index in [1.165, 1.54) is 0 Å². The largest absolute Gasteiger partial charge is 0.494 e. The Morgan fingerprint density at radius 1 is 1.38 bits per heavy atom. The van der Waals surface area contributed by atoms with Crippen LogP contribution in [0.25, 0.3) is 5.70 Å². The van der Waals surface area contributed by atoms with E-state index in [2.05, 4.69) is 6.08 Å². The molecule has 1 aromatic carbocycles. The SMILES string of the molecule is CCOc1cc(F)c(C2=[C-]CC(I)C(=O)N2CC(F)F)c(F)c1.[Y]. The fourth-order valence-corrected chi connectivity index (χ4v) is 2.77. The predicted molar refractivity (Wildman–Crippen MR) is 84.3 cm³/mol. The van der Waals surface area contributed by atoms with Crippen LogP contribution in [0.1, 0.15) is 18.9 Å². The summed E-state index contributed by atoms with van der Waals surface area (Å²) in [5, 5.41) is 0. The van der Waals surface area contributed by atoms with Crippen molar-refractivity contribution < 1.29 is 59.8 Å². The van der Waals surface area contributed by atoms with Crippen LogP contribution in [0.15, 0.2) is 12.1 Å². The molecule has 3 nitrogen and oxygen atoms in total. The maximum atomic E-state index is 14.2. The van der Waals surface area contributed by atoms with Crippen LogP contribution < -0.4 is 4.74 Å². The Bertz CT molecular complexity index is 619. The first-order valence-corrected chi connectivity index (χ1v) is 8.06. The molecule has 1 amide bonds. The summed E-state index contributed by atoms with van der Waals surface area (Å²) < 4.78 is 58.4. The van der Waals surface area contributed by atoms with Gasteiger partial charge in [-0.15, -0.1) is 5.70 Å². The molecule has 0 saturated heterocycles. The summed E-state index contributed by atoms with van der Waals surface area (Å²) in [5.74, 6) is -2.61. The third-order valence-electron chi connectivity index (χ3n) is 3.14. The summed E-state index contributed by atoms with van der Waals surface area (Å²) in [5.41, 5.74) is -0.841. The molecule has 0 saturated carbocycles. The third kappa shape index (κ3) is 4.91. The van der Waals surface area contributed by atoms with Gasteiger partial charge in [-0.25, -0.2) is 23.6 Å². The molecule has 129 valence electrons. The molecule has 24 heavy (non-hydrogen) atoms. The van der Waals surface area contributed by atoms with Gasteiger partial charge in [0, 0.05) is 32.7 Å². The average molecular weight is 531 g/mol. The second-order valence-corrected chi connectivity index (χ2v) is 6.24. The zero-order valence-corrected chi connectivity index (χ0v) is 17.7. The fraction of sp³-hybridized carbons (Fsp3) is 0.400. The minimum absolute atomic E-state index is 0. The van der Waals surface area contributed by atoms with Gasteiger partial charge in [-0.3, -0.25) is 4.79 Å². The molecule has 0 aromatic heterocycles. The quantitative estimate of drug-likeness (QED) is 0.251. The van der Waals surface area contributed by atoms with Crippen molar-refractivity contribution in [1.82, 2.24) is 4.90 Å². The van der Waals surface area contributed by atoms with Gasteiger partial charge >= 0.3 is 0 Å². The van der Waals surface area contributed by atoms with Crippen LogP contribution >= 0.6 is 22.6 Å². The van der Waals surface area contributed by atoms with Crippen LogP contribution in [0.2, 0.25) is 0 Å². The van der Waals surface area contributed by atoms with Gasteiger partial charge in [-0.1, -0.05) is 34.6 Å². The van der Waals surface area contributed by atoms with Gasteiger partial charge in [0.2, 0.25) is 5.91 Å². The number of hydrogen-bond donors (Lipinski definition) is 0. The topological polar surface area (TPSA) is 29.5 Å². The second-order valence-electron chi connectivity index (χ2n) is 4.73. The van der Waals surface area contributed by atoms with E-state index in [0.29, 0.717) is 4.90 Å². The number of hydrogen-bond acceptors (Lipinski definition) is 2. The number of nitrogens with zero attached hydrogens (tertiary/aromatic N) is 1. The Morgan fingerprint density at radius 3 is 2.46 bits per heavy atom. The number of halogens is 5. The number of carbonyl (C=O) groups is 1. The normalized spacial score (nSPS) is 17.6. The van der Waals surface area contributed by atoms with Crippen molar-refractivity contribution in [1.29, 1.82) is 0 Å². The van der Waals surface area contributed by atoms with E-state index in [4.69, 9.17) is 4.74 Å². The summed E-state index contributed by atoms with van der Waals surface area (Å²) in [6.45, 7) is 0.942. The maximum absolute atomic E-state index is 14.2. The van der Waals surface area contributed by atoms with E-state index in [-0.39, 0.29) is 57.2 Å². The fourth-order valence-electron chi connectivity index (χ4n) is 2.22. The first-order chi connectivity index (χ1) is 10.8. The predicted octanol–water partition coefficient (Wildman–Crippen LogP) is 3.81. The van der Waals surface area contributed by atoms with Crippen LogP contribution in [-0.2, 0) is 37.5 Å². The van der Waals surface area contributed by atoms with Gasteiger partial charge in [0.15, 0.2) is 0 Å². The van der Waals surface area contributed by atoms with Gasteiger partial charge in [0.25, 0.3) is 6.43 Å². The molecule has 1 aromatic rings. The van der Waals surface area contributed by atoms with Crippen molar-refractivity contribution in [2.75, 3.05) is 13.2 Å². The van der Waals surface area contributed by atoms with Crippen LogP contribution in [0.5, 0.6) is 5.75 Å². The van der Waals surface area contributed by atoms with Crippen molar-refractivity contribution >= 4 is 34.2 Å². The van der Waals surface area contributed by atoms with Crippen LogP contribution in [0.3, 0.4) is 0 Å². The molecule has 1 atom stereocenters. The van der Waals surface area contributed by atoms with Crippen molar-refractivity contribution in [3.8, 4) is 5.75 Å². The molecule has 1 aliphatic heterocycles. The van der Waals surface area contributed by atoms with Gasteiger partial charge in [-0.05, 0) is 19.1 Å². The Balaban J connectivity index is 0.00000288. The minimum Gasteiger partial charge on any atom is -0.494 e. The molecule has 0 bridgehead atoms. The number of carbonyl (C=O) groups excluding carboxylic acids is 1. The summed E-state index contributed by atoms with van der Waals surface area (Å²) in [6.07, 6.45) is -0.0655. The molecule has 0 fully saturated rings. The molecule has 1 unspecified atom stereocenters. The van der Waals surface area contributed by atoms with E-state index >= 15 is 0 Å². The van der Waals surface area contributed by atoms with Gasteiger partial charge in [-0.2, -0.15) is 0 Å². The summed E-state index contributed by atoms with van der Waals surface area (Å²) >= 11 is 1.79. The first-order valence-electron chi connectivity index (χ1n) is 6.81. The first kappa shape index (κ1) is 21.8. The molecule has 2 rings (SSSR count). The van der Waals surface area contributed by atoms with Crippen molar-refractivity contribution in [3.63, 3.8) is 0 Å². The van der Waals surface area contributed by atoms with Gasteiger partial charge < -0.3 is 9.64 Å². The number of benzene rings is 1. The van der Waals surface area contributed by atoms with Crippen LogP contribution in [0, 0.1) is 17.7 Å². The molecular formula is C15H13F4INO2Y-. The number of alkyl halides is 3. The average Bonchev–Trinajstić information content (AvgIpc) is 2.45. The molecule has 0 spiro atoms. The zero-order chi connectivity index (χ0) is 17.1. The van der Waals surface area contributed by atoms with Crippen molar-refractivity contribution in [2.24, 2.45) is 0 Å². The molecule has 1 aliphatic rings. The Hall–Kier alpha value is -0.216. The van der Waals surface area contributed by atoms with Crippen molar-refractivity contribution in [2.45, 2.75) is 23.7 Å². The summed E-state index contributed by atoms with van der Waals surface area (Å²) in [6, 6.07) is 1.91. The Kier molecular flexibility index (Phi) is 8.61. The minimum atomic E-state index is -2.83. The molecule has 0 aliphatic carbocycles. The maximum Gasteiger partial charge on any atom is 0.256 e. The molecule has 0 N–H and O–H groups in total. The van der Waals surface area contributed by atoms with Crippen molar-refractivity contribution in [3.05, 3.63) is 35.4 Å². The number of allylic oxidation sites excluding steroid dienone is 1. The number of rotatable bonds is 5. The zero-order valence-electron chi connectivity index (χ0n) is 12.7. The molecule has 1 heterocycles. The van der Waals surface area contributed by atoms with Crippen LogP contribution in [-0.4, -0.2) is 34.3 Å². The molecule has 1 radical (unpaired) electrons. The van der Waals surface area contributed by atoms with E-state index in [1.807, 2.05) is 0 Å². The molecular weight excluding hydrogens is 518 g/mol. The third-order valence-corrected chi connectivity index (χ3v) is 4.11. The smallest absolute Gasteiger partial charge is 0.256 e. The Morgan fingerprint density at radius 2 is 1.96 bits per heavy atom. The van der Waals surface area contributed by atoms with Gasteiger partial charge in [0.1, 0.15) is 5.75 Å².